The highest BCUT2D eigenvalue weighted by molar-refractivity contribution is 9.10. The van der Waals surface area contributed by atoms with Gasteiger partial charge in [-0.25, -0.2) is 13.8 Å². The molecule has 28 heavy (non-hydrogen) atoms. The van der Waals surface area contributed by atoms with E-state index in [1.54, 1.807) is 36.4 Å². The maximum Gasteiger partial charge on any atom is 0.292 e. The molecule has 0 radical (unpaired) electrons. The number of carbonyl (C=O) groups is 1. The number of benzene rings is 2. The zero-order valence-electron chi connectivity index (χ0n) is 15.2. The average molecular weight is 449 g/mol. The summed E-state index contributed by atoms with van der Waals surface area (Å²) in [5.41, 5.74) is 0.0116. The topological polar surface area (TPSA) is 50.7 Å². The average Bonchev–Trinajstić information content (AvgIpc) is 3.49. The highest BCUT2D eigenvalue weighted by Gasteiger charge is 2.60. The van der Waals surface area contributed by atoms with Gasteiger partial charge in [0.15, 0.2) is 0 Å². The van der Waals surface area contributed by atoms with Gasteiger partial charge in [0.1, 0.15) is 24.1 Å². The van der Waals surface area contributed by atoms with Gasteiger partial charge in [0.2, 0.25) is 0 Å². The van der Waals surface area contributed by atoms with E-state index in [-0.39, 0.29) is 23.6 Å². The third kappa shape index (κ3) is 3.21. The van der Waals surface area contributed by atoms with Crippen LogP contribution >= 0.6 is 15.9 Å². The molecule has 146 valence electrons. The SMILES string of the molecule is CCc1cc(F)c([C@@]2(CF)N=C(NC(=O)c3ccccc3)O[C@@H]3C[C@@H]32)cc1Br. The summed E-state index contributed by atoms with van der Waals surface area (Å²) < 4.78 is 35.6. The molecule has 0 aromatic heterocycles. The van der Waals surface area contributed by atoms with Crippen LogP contribution in [0, 0.1) is 11.7 Å². The molecule has 2 aliphatic rings. The van der Waals surface area contributed by atoms with Crippen molar-refractivity contribution < 1.29 is 18.3 Å². The number of nitrogens with zero attached hydrogens (tertiary/aromatic N) is 1. The number of ether oxygens (including phenoxy) is 1. The van der Waals surface area contributed by atoms with Gasteiger partial charge in [0.05, 0.1) is 0 Å². The second-order valence-corrected chi connectivity index (χ2v) is 7.92. The Hall–Kier alpha value is -2.28. The lowest BCUT2D eigenvalue weighted by atomic mass is 9.85. The number of alkyl halides is 1. The molecule has 4 rings (SSSR count). The van der Waals surface area contributed by atoms with Gasteiger partial charge in [-0.2, -0.15) is 0 Å². The summed E-state index contributed by atoms with van der Waals surface area (Å²) >= 11 is 3.44. The molecule has 4 nitrogen and oxygen atoms in total. The number of aliphatic imine (C=N–C) groups is 1. The lowest BCUT2D eigenvalue weighted by Gasteiger charge is -2.32. The van der Waals surface area contributed by atoms with Crippen molar-refractivity contribution in [1.82, 2.24) is 5.32 Å². The highest BCUT2D eigenvalue weighted by Crippen LogP contribution is 2.54. The number of hydrogen-bond acceptors (Lipinski definition) is 3. The number of rotatable bonds is 4. The normalized spacial score (nSPS) is 25.4. The molecule has 0 bridgehead atoms. The van der Waals surface area contributed by atoms with Gasteiger partial charge in [0.25, 0.3) is 11.9 Å². The van der Waals surface area contributed by atoms with Crippen molar-refractivity contribution in [1.29, 1.82) is 0 Å². The fraction of sp³-hybridized carbons (Fsp3) is 0.333. The molecule has 1 amide bonds. The number of aryl methyl sites for hydroxylation is 1. The summed E-state index contributed by atoms with van der Waals surface area (Å²) in [5.74, 6) is -1.17. The first kappa shape index (κ1) is 19.1. The molecule has 1 saturated carbocycles. The molecule has 1 N–H and O–H groups in total. The van der Waals surface area contributed by atoms with Crippen LogP contribution in [-0.2, 0) is 16.7 Å². The maximum atomic E-state index is 14.9. The predicted octanol–water partition coefficient (Wildman–Crippen LogP) is 4.52. The van der Waals surface area contributed by atoms with Crippen molar-refractivity contribution in [3.05, 3.63) is 69.4 Å². The molecule has 2 aromatic rings. The van der Waals surface area contributed by atoms with Crippen LogP contribution < -0.4 is 5.32 Å². The Kier molecular flexibility index (Phi) is 4.95. The van der Waals surface area contributed by atoms with E-state index in [0.717, 1.165) is 5.56 Å². The lowest BCUT2D eigenvalue weighted by molar-refractivity contribution is 0.0950. The molecule has 0 spiro atoms. The monoisotopic (exact) mass is 448 g/mol. The summed E-state index contributed by atoms with van der Waals surface area (Å²) in [4.78, 5) is 16.8. The maximum absolute atomic E-state index is 14.9. The number of carbonyl (C=O) groups excluding carboxylic acids is 1. The number of amides is 1. The third-order valence-electron chi connectivity index (χ3n) is 5.35. The van der Waals surface area contributed by atoms with Gasteiger partial charge >= 0.3 is 0 Å². The Bertz CT molecular complexity index is 951. The highest BCUT2D eigenvalue weighted by atomic mass is 79.9. The molecular formula is C21H19BrF2N2O2. The largest absolute Gasteiger partial charge is 0.461 e. The van der Waals surface area contributed by atoms with Crippen molar-refractivity contribution in [2.24, 2.45) is 10.9 Å². The van der Waals surface area contributed by atoms with Crippen LogP contribution in [0.15, 0.2) is 51.9 Å². The first-order valence-corrected chi connectivity index (χ1v) is 9.95. The quantitative estimate of drug-likeness (QED) is 0.747. The van der Waals surface area contributed by atoms with E-state index in [9.17, 15) is 13.6 Å². The number of amidine groups is 1. The van der Waals surface area contributed by atoms with Crippen LogP contribution in [0.1, 0.15) is 34.8 Å². The zero-order chi connectivity index (χ0) is 19.9. The van der Waals surface area contributed by atoms with Crippen molar-refractivity contribution >= 4 is 27.9 Å². The Morgan fingerprint density at radius 1 is 1.36 bits per heavy atom. The van der Waals surface area contributed by atoms with Crippen molar-refractivity contribution in [3.8, 4) is 0 Å². The molecule has 2 aromatic carbocycles. The van der Waals surface area contributed by atoms with E-state index in [1.807, 2.05) is 6.92 Å². The standard InChI is InChI=1S/C21H19BrF2N2O2/c1-2-12-8-17(24)14(9-16(12)22)21(11-23)15-10-18(15)28-20(26-21)25-19(27)13-6-4-3-5-7-13/h3-9,15,18H,2,10-11H2,1H3,(H,25,26,27)/t15-,18+,21+/m0/s1. The minimum absolute atomic E-state index is 0.0691. The molecule has 1 aliphatic carbocycles. The van der Waals surface area contributed by atoms with Gasteiger partial charge < -0.3 is 4.74 Å². The smallest absolute Gasteiger partial charge is 0.292 e. The van der Waals surface area contributed by atoms with Crippen LogP contribution in [-0.4, -0.2) is 24.7 Å². The van der Waals surface area contributed by atoms with Gasteiger partial charge in [-0.05, 0) is 42.7 Å². The molecule has 0 saturated heterocycles. The van der Waals surface area contributed by atoms with E-state index < -0.39 is 23.9 Å². The number of hydrogen-bond donors (Lipinski definition) is 1. The fourth-order valence-corrected chi connectivity index (χ4v) is 4.33. The third-order valence-corrected chi connectivity index (χ3v) is 6.09. The van der Waals surface area contributed by atoms with E-state index in [2.05, 4.69) is 26.2 Å². The van der Waals surface area contributed by atoms with E-state index in [1.165, 1.54) is 6.07 Å². The van der Waals surface area contributed by atoms with Gasteiger partial charge in [-0.1, -0.05) is 41.1 Å². The van der Waals surface area contributed by atoms with Gasteiger partial charge in [-0.3, -0.25) is 10.1 Å². The van der Waals surface area contributed by atoms with Crippen LogP contribution in [0.3, 0.4) is 0 Å². The van der Waals surface area contributed by atoms with Crippen LogP contribution in [0.25, 0.3) is 0 Å². The Labute approximate surface area is 170 Å². The first-order chi connectivity index (χ1) is 13.5. The second kappa shape index (κ2) is 7.28. The van der Waals surface area contributed by atoms with Gasteiger partial charge in [0, 0.05) is 21.5 Å². The number of fused-ring (bicyclic) bond motifs is 1. The second-order valence-electron chi connectivity index (χ2n) is 7.07. The Balaban J connectivity index is 1.71. The molecule has 0 unspecified atom stereocenters. The summed E-state index contributed by atoms with van der Waals surface area (Å²) in [6.45, 7) is 1.04. The van der Waals surface area contributed by atoms with Crippen molar-refractivity contribution in [2.45, 2.75) is 31.4 Å². The van der Waals surface area contributed by atoms with Crippen molar-refractivity contribution in [3.63, 3.8) is 0 Å². The van der Waals surface area contributed by atoms with Crippen LogP contribution in [0.2, 0.25) is 0 Å². The zero-order valence-corrected chi connectivity index (χ0v) is 16.8. The summed E-state index contributed by atoms with van der Waals surface area (Å²) in [5, 5.41) is 2.60. The molecule has 1 fully saturated rings. The summed E-state index contributed by atoms with van der Waals surface area (Å²) in [6, 6.07) is 11.5. The molecule has 1 heterocycles. The minimum Gasteiger partial charge on any atom is -0.461 e. The summed E-state index contributed by atoms with van der Waals surface area (Å²) in [7, 11) is 0. The minimum atomic E-state index is -1.40. The van der Waals surface area contributed by atoms with Crippen LogP contribution in [0.4, 0.5) is 8.78 Å². The Morgan fingerprint density at radius 2 is 2.11 bits per heavy atom. The first-order valence-electron chi connectivity index (χ1n) is 9.15. The number of nitrogens with one attached hydrogen (secondary N) is 1. The molecule has 7 heteroatoms. The number of halogens is 3. The molecule has 3 atom stereocenters. The fourth-order valence-electron chi connectivity index (χ4n) is 3.71. The van der Waals surface area contributed by atoms with E-state index >= 15 is 0 Å². The van der Waals surface area contributed by atoms with E-state index in [0.29, 0.717) is 22.9 Å². The van der Waals surface area contributed by atoms with Crippen molar-refractivity contribution in [2.75, 3.05) is 6.67 Å². The van der Waals surface area contributed by atoms with Gasteiger partial charge in [-0.15, -0.1) is 0 Å². The summed E-state index contributed by atoms with van der Waals surface area (Å²) in [6.07, 6.45) is 0.922. The van der Waals surface area contributed by atoms with Crippen LogP contribution in [0.5, 0.6) is 0 Å². The Morgan fingerprint density at radius 3 is 2.79 bits per heavy atom. The van der Waals surface area contributed by atoms with E-state index in [4.69, 9.17) is 4.74 Å². The molecular weight excluding hydrogens is 430 g/mol. The molecule has 1 aliphatic heterocycles. The predicted molar refractivity (Wildman–Crippen MR) is 105 cm³/mol. The lowest BCUT2D eigenvalue weighted by Crippen LogP contribution is -2.43.